The van der Waals surface area contributed by atoms with E-state index in [0.717, 1.165) is 11.5 Å². The van der Waals surface area contributed by atoms with Gasteiger partial charge in [-0.25, -0.2) is 0 Å². The van der Waals surface area contributed by atoms with Crippen molar-refractivity contribution >= 4 is 0 Å². The zero-order chi connectivity index (χ0) is 20.7. The van der Waals surface area contributed by atoms with Gasteiger partial charge in [-0.05, 0) is 29.2 Å². The number of hydrogen-bond donors (Lipinski definition) is 0. The zero-order valence-corrected chi connectivity index (χ0v) is 18.3. The second-order valence-electron chi connectivity index (χ2n) is 9.62. The number of hydrogen-bond acceptors (Lipinski definition) is 4. The molecule has 0 spiro atoms. The molecular formula is C24H39NO3. The highest BCUT2D eigenvalue weighted by Gasteiger charge is 2.16. The summed E-state index contributed by atoms with van der Waals surface area (Å²) in [5.41, 5.74) is 2.76. The van der Waals surface area contributed by atoms with E-state index in [1.54, 1.807) is 25.1 Å². The molecule has 158 valence electrons. The van der Waals surface area contributed by atoms with Crippen LogP contribution in [0.25, 0.3) is 0 Å². The molecule has 0 bridgehead atoms. The van der Waals surface area contributed by atoms with Gasteiger partial charge in [0.15, 0.2) is 0 Å². The zero-order valence-electron chi connectivity index (χ0n) is 18.3. The van der Waals surface area contributed by atoms with Crippen LogP contribution in [0.4, 0.5) is 0 Å². The molecule has 0 amide bonds. The van der Waals surface area contributed by atoms with Crippen LogP contribution in [-0.2, 0) is 16.2 Å². The van der Waals surface area contributed by atoms with Crippen molar-refractivity contribution in [2.24, 2.45) is 0 Å². The van der Waals surface area contributed by atoms with Crippen molar-refractivity contribution in [1.29, 1.82) is 0 Å². The van der Waals surface area contributed by atoms with E-state index in [2.05, 4.69) is 67.5 Å². The number of rotatable bonds is 0. The van der Waals surface area contributed by atoms with Crippen LogP contribution in [-0.4, -0.2) is 5.16 Å². The normalized spacial score (nSPS) is 11.5. The molecule has 0 atom stereocenters. The lowest BCUT2D eigenvalue weighted by molar-refractivity contribution is 0.393. The molecule has 28 heavy (non-hydrogen) atoms. The lowest BCUT2D eigenvalue weighted by Gasteiger charge is -2.14. The van der Waals surface area contributed by atoms with Crippen LogP contribution < -0.4 is 0 Å². The molecule has 0 N–H and O–H groups in total. The molecular weight excluding hydrogens is 350 g/mol. The summed E-state index contributed by atoms with van der Waals surface area (Å²) in [5, 5.41) is 3.81. The van der Waals surface area contributed by atoms with Gasteiger partial charge < -0.3 is 13.4 Å². The Balaban J connectivity index is 0.000000384. The topological polar surface area (TPSA) is 52.3 Å². The van der Waals surface area contributed by atoms with E-state index in [-0.39, 0.29) is 23.7 Å². The number of nitrogens with zero attached hydrogens (tertiary/aromatic N) is 1. The van der Waals surface area contributed by atoms with E-state index >= 15 is 0 Å². The van der Waals surface area contributed by atoms with Gasteiger partial charge in [0.05, 0.1) is 24.5 Å². The summed E-state index contributed by atoms with van der Waals surface area (Å²) in [6.07, 6.45) is 6.81. The van der Waals surface area contributed by atoms with Crippen molar-refractivity contribution in [3.63, 3.8) is 0 Å². The first-order valence-electron chi connectivity index (χ1n) is 9.29. The molecule has 4 heteroatoms. The summed E-state index contributed by atoms with van der Waals surface area (Å²) in [6, 6.07) is 7.81. The third-order valence-electron chi connectivity index (χ3n) is 3.85. The van der Waals surface area contributed by atoms with Gasteiger partial charge in [0.2, 0.25) is 0 Å². The van der Waals surface area contributed by atoms with Gasteiger partial charge in [0.1, 0.15) is 12.0 Å². The van der Waals surface area contributed by atoms with Gasteiger partial charge in [-0.2, -0.15) is 0 Å². The standard InChI is InChI=1S/2C8H12O.C7H11NO.CH4/c1-8(2,3)7-4-5-9-6-7;1-8(2,3)7-5-4-6-9-7;1-7(2,3)6-4-5-9-8-6;/h2*4-6H,1-3H3;4-5H,1-3H3;1H4. The van der Waals surface area contributed by atoms with E-state index in [0.29, 0.717) is 0 Å². The Morgan fingerprint density at radius 2 is 1.36 bits per heavy atom. The molecule has 3 heterocycles. The molecule has 0 fully saturated rings. The van der Waals surface area contributed by atoms with Crippen LogP contribution in [0, 0.1) is 0 Å². The maximum atomic E-state index is 5.20. The van der Waals surface area contributed by atoms with Gasteiger partial charge in [0.25, 0.3) is 0 Å². The molecule has 4 nitrogen and oxygen atoms in total. The van der Waals surface area contributed by atoms with E-state index in [1.165, 1.54) is 5.56 Å². The molecule has 3 aromatic rings. The highest BCUT2D eigenvalue weighted by molar-refractivity contribution is 5.15. The molecule has 0 aliphatic heterocycles. The van der Waals surface area contributed by atoms with Gasteiger partial charge in [-0.15, -0.1) is 0 Å². The van der Waals surface area contributed by atoms with Crippen molar-refractivity contribution in [1.82, 2.24) is 5.16 Å². The first-order valence-corrected chi connectivity index (χ1v) is 9.29. The Labute approximate surface area is 171 Å². The summed E-state index contributed by atoms with van der Waals surface area (Å²) in [4.78, 5) is 0. The summed E-state index contributed by atoms with van der Waals surface area (Å²) in [5.74, 6) is 1.04. The minimum absolute atomic E-state index is 0. The SMILES string of the molecule is C.CC(C)(C)c1ccco1.CC(C)(C)c1ccoc1.CC(C)(C)c1ccon1. The minimum Gasteiger partial charge on any atom is -0.472 e. The van der Waals surface area contributed by atoms with E-state index in [4.69, 9.17) is 13.4 Å². The Hall–Kier alpha value is -2.23. The van der Waals surface area contributed by atoms with E-state index < -0.39 is 0 Å². The molecule has 0 saturated heterocycles. The van der Waals surface area contributed by atoms with Crippen molar-refractivity contribution in [2.45, 2.75) is 86.0 Å². The first-order chi connectivity index (χ1) is 12.3. The Kier molecular flexibility index (Phi) is 9.53. The second-order valence-corrected chi connectivity index (χ2v) is 9.62. The lowest BCUT2D eigenvalue weighted by atomic mass is 9.89. The molecule has 0 aliphatic carbocycles. The highest BCUT2D eigenvalue weighted by atomic mass is 16.5. The van der Waals surface area contributed by atoms with Crippen LogP contribution in [0.2, 0.25) is 0 Å². The van der Waals surface area contributed by atoms with Crippen molar-refractivity contribution in [2.75, 3.05) is 0 Å². The Morgan fingerprint density at radius 3 is 1.57 bits per heavy atom. The molecule has 3 aromatic heterocycles. The third-order valence-corrected chi connectivity index (χ3v) is 3.85. The van der Waals surface area contributed by atoms with Crippen LogP contribution >= 0.6 is 0 Å². The molecule has 0 aliphatic rings. The van der Waals surface area contributed by atoms with Gasteiger partial charge in [-0.1, -0.05) is 74.9 Å². The summed E-state index contributed by atoms with van der Waals surface area (Å²) in [7, 11) is 0. The fourth-order valence-electron chi connectivity index (χ4n) is 2.00. The summed E-state index contributed by atoms with van der Waals surface area (Å²) >= 11 is 0. The Morgan fingerprint density at radius 1 is 0.714 bits per heavy atom. The summed E-state index contributed by atoms with van der Waals surface area (Å²) < 4.78 is 14.8. The molecule has 3 rings (SSSR count). The lowest BCUT2D eigenvalue weighted by Crippen LogP contribution is -2.10. The largest absolute Gasteiger partial charge is 0.472 e. The van der Waals surface area contributed by atoms with Crippen LogP contribution in [0.15, 0.2) is 62.7 Å². The predicted molar refractivity (Wildman–Crippen MR) is 117 cm³/mol. The van der Waals surface area contributed by atoms with E-state index in [9.17, 15) is 0 Å². The smallest absolute Gasteiger partial charge is 0.124 e. The Bertz CT molecular complexity index is 612. The van der Waals surface area contributed by atoms with Crippen molar-refractivity contribution < 1.29 is 13.4 Å². The fourth-order valence-corrected chi connectivity index (χ4v) is 2.00. The maximum Gasteiger partial charge on any atom is 0.124 e. The maximum absolute atomic E-state index is 5.20. The van der Waals surface area contributed by atoms with Crippen LogP contribution in [0.1, 0.15) is 86.8 Å². The fraction of sp³-hybridized carbons (Fsp3) is 0.542. The molecule has 0 aromatic carbocycles. The van der Waals surface area contributed by atoms with E-state index in [1.807, 2.05) is 24.3 Å². The quantitative estimate of drug-likeness (QED) is 0.394. The average molecular weight is 390 g/mol. The summed E-state index contributed by atoms with van der Waals surface area (Å²) in [6.45, 7) is 19.2. The third kappa shape index (κ3) is 9.12. The highest BCUT2D eigenvalue weighted by Crippen LogP contribution is 2.22. The van der Waals surface area contributed by atoms with Crippen molar-refractivity contribution in [3.8, 4) is 0 Å². The number of furan rings is 2. The van der Waals surface area contributed by atoms with Gasteiger partial charge in [-0.3, -0.25) is 0 Å². The van der Waals surface area contributed by atoms with Gasteiger partial charge >= 0.3 is 0 Å². The monoisotopic (exact) mass is 389 g/mol. The number of aromatic nitrogens is 1. The van der Waals surface area contributed by atoms with Crippen molar-refractivity contribution in [3.05, 3.63) is 66.3 Å². The minimum atomic E-state index is 0. The van der Waals surface area contributed by atoms with Gasteiger partial charge in [0, 0.05) is 16.9 Å². The molecule has 0 radical (unpaired) electrons. The molecule has 0 saturated carbocycles. The molecule has 0 unspecified atom stereocenters. The first kappa shape index (κ1) is 25.8. The average Bonchev–Trinajstić information content (AvgIpc) is 3.28. The second kappa shape index (κ2) is 10.4. The predicted octanol–water partition coefficient (Wildman–Crippen LogP) is 7.76. The van der Waals surface area contributed by atoms with Crippen LogP contribution in [0.3, 0.4) is 0 Å². The van der Waals surface area contributed by atoms with Crippen LogP contribution in [0.5, 0.6) is 0 Å².